The Kier molecular flexibility index (Phi) is 6.18. The third-order valence-corrected chi connectivity index (χ3v) is 5.73. The van der Waals surface area contributed by atoms with E-state index in [1.807, 2.05) is 4.90 Å². The van der Waals surface area contributed by atoms with Crippen LogP contribution in [-0.4, -0.2) is 46.8 Å². The van der Waals surface area contributed by atoms with Crippen LogP contribution in [0.15, 0.2) is 28.7 Å². The number of halogens is 5. The van der Waals surface area contributed by atoms with Crippen molar-refractivity contribution in [3.05, 3.63) is 45.9 Å². The van der Waals surface area contributed by atoms with Crippen molar-refractivity contribution in [3.8, 4) is 0 Å². The monoisotopic (exact) mass is 490 g/mol. The van der Waals surface area contributed by atoms with E-state index in [-0.39, 0.29) is 22.7 Å². The maximum atomic E-state index is 13.3. The van der Waals surface area contributed by atoms with Crippen LogP contribution in [0.1, 0.15) is 32.2 Å². The molecule has 0 saturated carbocycles. The molecule has 5 nitrogen and oxygen atoms in total. The van der Waals surface area contributed by atoms with E-state index in [0.717, 1.165) is 10.4 Å². The molecule has 0 radical (unpaired) electrons. The van der Waals surface area contributed by atoms with Crippen LogP contribution >= 0.6 is 15.9 Å². The van der Waals surface area contributed by atoms with Gasteiger partial charge in [-0.1, -0.05) is 20.8 Å². The Balaban J connectivity index is 1.73. The van der Waals surface area contributed by atoms with Crippen LogP contribution in [0.5, 0.6) is 0 Å². The summed E-state index contributed by atoms with van der Waals surface area (Å²) in [6, 6.07) is 6.13. The van der Waals surface area contributed by atoms with Crippen LogP contribution in [0.4, 0.5) is 23.2 Å². The number of hydrogen-bond donors (Lipinski definition) is 0. The smallest absolute Gasteiger partial charge is 0.368 e. The summed E-state index contributed by atoms with van der Waals surface area (Å²) < 4.78 is 54.1. The van der Waals surface area contributed by atoms with Crippen molar-refractivity contribution in [1.82, 2.24) is 14.7 Å². The van der Waals surface area contributed by atoms with Crippen molar-refractivity contribution < 1.29 is 22.4 Å². The van der Waals surface area contributed by atoms with Crippen molar-refractivity contribution in [2.24, 2.45) is 0 Å². The first-order valence-electron chi connectivity index (χ1n) is 9.50. The van der Waals surface area contributed by atoms with Gasteiger partial charge < -0.3 is 9.80 Å². The third kappa shape index (κ3) is 4.79. The molecule has 0 aliphatic carbocycles. The third-order valence-electron chi connectivity index (χ3n) is 4.98. The quantitative estimate of drug-likeness (QED) is 0.596. The van der Waals surface area contributed by atoms with E-state index in [0.29, 0.717) is 31.9 Å². The topological polar surface area (TPSA) is 41.4 Å². The maximum absolute atomic E-state index is 13.3. The predicted molar refractivity (Wildman–Crippen MR) is 109 cm³/mol. The number of benzene rings is 1. The number of alkyl halides is 3. The molecule has 1 saturated heterocycles. The van der Waals surface area contributed by atoms with Gasteiger partial charge in [-0.3, -0.25) is 9.48 Å². The average Bonchev–Trinajstić information content (AvgIpc) is 2.99. The second-order valence-corrected chi connectivity index (χ2v) is 9.05. The van der Waals surface area contributed by atoms with Gasteiger partial charge in [-0.05, 0) is 40.2 Å². The van der Waals surface area contributed by atoms with E-state index < -0.39 is 17.3 Å². The first-order valence-corrected chi connectivity index (χ1v) is 10.3. The first-order chi connectivity index (χ1) is 13.9. The lowest BCUT2D eigenvalue weighted by atomic mass is 9.91. The summed E-state index contributed by atoms with van der Waals surface area (Å²) in [4.78, 5) is 16.5. The fraction of sp³-hybridized carbons (Fsp3) is 0.500. The second-order valence-electron chi connectivity index (χ2n) is 8.26. The fourth-order valence-corrected chi connectivity index (χ4v) is 4.65. The Morgan fingerprint density at radius 2 is 1.63 bits per heavy atom. The molecule has 30 heavy (non-hydrogen) atoms. The normalized spacial score (nSPS) is 15.6. The summed E-state index contributed by atoms with van der Waals surface area (Å²) >= 11 is 3.04. The molecule has 0 atom stereocenters. The number of carbonyl (C=O) groups is 1. The Hall–Kier alpha value is -2.10. The zero-order valence-corrected chi connectivity index (χ0v) is 18.5. The minimum absolute atomic E-state index is 0.128. The Labute approximate surface area is 180 Å². The maximum Gasteiger partial charge on any atom is 0.436 e. The van der Waals surface area contributed by atoms with E-state index in [9.17, 15) is 22.4 Å². The number of anilines is 1. The van der Waals surface area contributed by atoms with E-state index in [2.05, 4.69) is 21.0 Å². The summed E-state index contributed by atoms with van der Waals surface area (Å²) in [6.45, 7) is 7.02. The Morgan fingerprint density at radius 3 is 2.13 bits per heavy atom. The second kappa shape index (κ2) is 8.20. The predicted octanol–water partition coefficient (Wildman–Crippen LogP) is 4.45. The van der Waals surface area contributed by atoms with Gasteiger partial charge in [0.25, 0.3) is 0 Å². The molecule has 2 aromatic rings. The zero-order valence-electron chi connectivity index (χ0n) is 16.9. The molecule has 1 aliphatic heterocycles. The van der Waals surface area contributed by atoms with Gasteiger partial charge in [0.05, 0.1) is 10.2 Å². The van der Waals surface area contributed by atoms with E-state index >= 15 is 0 Å². The van der Waals surface area contributed by atoms with Crippen molar-refractivity contribution in [3.63, 3.8) is 0 Å². The number of piperazine rings is 1. The molecule has 10 heteroatoms. The molecule has 0 bridgehead atoms. The van der Waals surface area contributed by atoms with Gasteiger partial charge in [-0.15, -0.1) is 0 Å². The van der Waals surface area contributed by atoms with Crippen molar-refractivity contribution in [2.75, 3.05) is 31.1 Å². The minimum atomic E-state index is -4.62. The number of nitrogens with zero attached hydrogens (tertiary/aromatic N) is 4. The highest BCUT2D eigenvalue weighted by molar-refractivity contribution is 9.10. The molecule has 1 aliphatic rings. The Morgan fingerprint density at radius 1 is 1.07 bits per heavy atom. The molecule has 164 valence electrons. The van der Waals surface area contributed by atoms with Gasteiger partial charge in [-0.2, -0.15) is 18.3 Å². The standard InChI is InChI=1S/C20H23BrF4N4O/c1-19(2,3)18-16(21)17(20(23,24)25)26-29(18)12-15(30)28-10-8-27(9-11-28)14-6-4-13(22)5-7-14/h4-7H,8-12H2,1-3H3. The highest BCUT2D eigenvalue weighted by Gasteiger charge is 2.41. The molecule has 1 amide bonds. The SMILES string of the molecule is CC(C)(C)c1c(Br)c(C(F)(F)F)nn1CC(=O)N1CCN(c2ccc(F)cc2)CC1. The van der Waals surface area contributed by atoms with Crippen LogP contribution in [0.2, 0.25) is 0 Å². The number of carbonyl (C=O) groups excluding carboxylic acids is 1. The molecule has 1 fully saturated rings. The Bertz CT molecular complexity index is 911. The van der Waals surface area contributed by atoms with E-state index in [4.69, 9.17) is 0 Å². The lowest BCUT2D eigenvalue weighted by Crippen LogP contribution is -2.49. The summed E-state index contributed by atoms with van der Waals surface area (Å²) in [6.07, 6.45) is -4.62. The molecule has 1 aromatic heterocycles. The van der Waals surface area contributed by atoms with Gasteiger partial charge in [0.15, 0.2) is 5.69 Å². The number of amides is 1. The fourth-order valence-electron chi connectivity index (χ4n) is 3.55. The van der Waals surface area contributed by atoms with Gasteiger partial charge in [0.1, 0.15) is 12.4 Å². The van der Waals surface area contributed by atoms with Crippen LogP contribution in [-0.2, 0) is 22.9 Å². The van der Waals surface area contributed by atoms with Crippen LogP contribution in [0.25, 0.3) is 0 Å². The summed E-state index contributed by atoms with van der Waals surface area (Å²) in [7, 11) is 0. The molecule has 1 aromatic carbocycles. The van der Waals surface area contributed by atoms with Crippen molar-refractivity contribution in [1.29, 1.82) is 0 Å². The van der Waals surface area contributed by atoms with Gasteiger partial charge >= 0.3 is 6.18 Å². The van der Waals surface area contributed by atoms with Crippen LogP contribution in [0.3, 0.4) is 0 Å². The average molecular weight is 491 g/mol. The van der Waals surface area contributed by atoms with E-state index in [1.165, 1.54) is 12.1 Å². The van der Waals surface area contributed by atoms with E-state index in [1.54, 1.807) is 37.8 Å². The van der Waals surface area contributed by atoms with Crippen molar-refractivity contribution >= 4 is 27.5 Å². The van der Waals surface area contributed by atoms with Gasteiger partial charge in [0.2, 0.25) is 5.91 Å². The minimum Gasteiger partial charge on any atom is -0.368 e. The largest absolute Gasteiger partial charge is 0.436 e. The highest BCUT2D eigenvalue weighted by Crippen LogP contribution is 2.40. The lowest BCUT2D eigenvalue weighted by molar-refractivity contribution is -0.142. The molecular weight excluding hydrogens is 468 g/mol. The first kappa shape index (κ1) is 22.6. The lowest BCUT2D eigenvalue weighted by Gasteiger charge is -2.36. The molecular formula is C20H23BrF4N4O. The van der Waals surface area contributed by atoms with Gasteiger partial charge in [0, 0.05) is 37.3 Å². The summed E-state index contributed by atoms with van der Waals surface area (Å²) in [5.74, 6) is -0.603. The van der Waals surface area contributed by atoms with Crippen molar-refractivity contribution in [2.45, 2.75) is 38.9 Å². The highest BCUT2D eigenvalue weighted by atomic mass is 79.9. The summed E-state index contributed by atoms with van der Waals surface area (Å²) in [5, 5.41) is 3.70. The summed E-state index contributed by atoms with van der Waals surface area (Å²) in [5.41, 5.74) is -0.476. The number of rotatable bonds is 3. The zero-order chi connectivity index (χ0) is 22.3. The molecule has 3 rings (SSSR count). The molecule has 0 N–H and O–H groups in total. The van der Waals surface area contributed by atoms with Gasteiger partial charge in [-0.25, -0.2) is 4.39 Å². The number of aromatic nitrogens is 2. The molecule has 2 heterocycles. The van der Waals surface area contributed by atoms with Crippen LogP contribution in [0, 0.1) is 5.82 Å². The molecule has 0 unspecified atom stereocenters. The number of hydrogen-bond acceptors (Lipinski definition) is 3. The molecule has 0 spiro atoms. The van der Waals surface area contributed by atoms with Crippen LogP contribution < -0.4 is 4.90 Å².